The summed E-state index contributed by atoms with van der Waals surface area (Å²) in [6.07, 6.45) is -0.565. The first-order valence-corrected chi connectivity index (χ1v) is 6.56. The molecule has 21 heavy (non-hydrogen) atoms. The Labute approximate surface area is 125 Å². The number of nitrogens with zero attached hydrogens (tertiary/aromatic N) is 1. The second-order valence-corrected chi connectivity index (χ2v) is 4.86. The second-order valence-electron chi connectivity index (χ2n) is 4.53. The van der Waals surface area contributed by atoms with Crippen LogP contribution in [0, 0.1) is 0 Å². The normalized spacial score (nSPS) is 21.1. The fourth-order valence-electron chi connectivity index (χ4n) is 2.10. The van der Waals surface area contributed by atoms with Crippen molar-refractivity contribution in [3.05, 3.63) is 35.9 Å². The number of carbonyl (C=O) groups excluding carboxylic acids is 2. The van der Waals surface area contributed by atoms with Crippen LogP contribution in [0.2, 0.25) is 0 Å². The number of amides is 2. The number of carbonyl (C=O) groups is 3. The van der Waals surface area contributed by atoms with Crippen molar-refractivity contribution >= 4 is 28.8 Å². The Hall–Kier alpha value is -2.12. The minimum absolute atomic E-state index is 0.00830. The van der Waals surface area contributed by atoms with E-state index in [1.165, 1.54) is 0 Å². The molecule has 2 N–H and O–H groups in total. The number of hydroxylamine groups is 1. The summed E-state index contributed by atoms with van der Waals surface area (Å²) in [4.78, 5) is 40.1. The van der Waals surface area contributed by atoms with Gasteiger partial charge in [0.2, 0.25) is 0 Å². The molecule has 1 saturated heterocycles. The van der Waals surface area contributed by atoms with E-state index in [2.05, 4.69) is 5.48 Å². The molecule has 112 valence electrons. The van der Waals surface area contributed by atoms with Crippen molar-refractivity contribution in [2.45, 2.75) is 18.6 Å². The highest BCUT2D eigenvalue weighted by atomic mass is 35.5. The number of likely N-dealkylation sites (tertiary alicyclic amines) is 1. The summed E-state index contributed by atoms with van der Waals surface area (Å²) in [5.41, 5.74) is 2.66. The summed E-state index contributed by atoms with van der Waals surface area (Å²) in [6.45, 7) is 0.00830. The van der Waals surface area contributed by atoms with Gasteiger partial charge in [-0.25, -0.2) is 10.3 Å². The van der Waals surface area contributed by atoms with Crippen LogP contribution in [-0.4, -0.2) is 45.9 Å². The number of carboxylic acids is 1. The summed E-state index contributed by atoms with van der Waals surface area (Å²) in [5.74, 6) is -1.61. The lowest BCUT2D eigenvalue weighted by atomic mass is 10.2. The Morgan fingerprint density at radius 3 is 2.48 bits per heavy atom. The van der Waals surface area contributed by atoms with Crippen LogP contribution >= 0.6 is 11.6 Å². The lowest BCUT2D eigenvalue weighted by Gasteiger charge is -2.17. The third-order valence-corrected chi connectivity index (χ3v) is 3.34. The molecule has 0 radical (unpaired) electrons. The number of halogens is 1. The highest BCUT2D eigenvalue weighted by molar-refractivity contribution is 6.63. The molecule has 7 nitrogen and oxygen atoms in total. The van der Waals surface area contributed by atoms with E-state index in [0.29, 0.717) is 5.56 Å². The number of hydrogen-bond acceptors (Lipinski definition) is 4. The number of nitrogens with one attached hydrogen (secondary N) is 1. The Kier molecular flexibility index (Phi) is 4.77. The molecule has 1 aliphatic heterocycles. The molecule has 2 rings (SSSR count). The predicted octanol–water partition coefficient (Wildman–Crippen LogP) is 1.23. The number of aliphatic carboxylic acids is 1. The van der Waals surface area contributed by atoms with Gasteiger partial charge in [-0.1, -0.05) is 18.2 Å². The van der Waals surface area contributed by atoms with Gasteiger partial charge in [0.05, 0.1) is 6.54 Å². The summed E-state index contributed by atoms with van der Waals surface area (Å²) < 4.78 is 0. The van der Waals surface area contributed by atoms with Gasteiger partial charge in [0.1, 0.15) is 12.1 Å². The molecule has 2 atom stereocenters. The Morgan fingerprint density at radius 2 is 1.95 bits per heavy atom. The summed E-state index contributed by atoms with van der Waals surface area (Å²) in [6, 6.07) is 7.37. The van der Waals surface area contributed by atoms with Gasteiger partial charge in [-0.15, -0.1) is 0 Å². The van der Waals surface area contributed by atoms with E-state index >= 15 is 0 Å². The number of benzene rings is 1. The van der Waals surface area contributed by atoms with Crippen molar-refractivity contribution in [2.75, 3.05) is 6.54 Å². The number of carboxylic acid groups (broad SMARTS) is 1. The molecule has 0 bridgehead atoms. The maximum Gasteiger partial charge on any atom is 0.326 e. The molecule has 0 aromatic heterocycles. The van der Waals surface area contributed by atoms with E-state index in [0.717, 1.165) is 4.90 Å². The van der Waals surface area contributed by atoms with E-state index in [9.17, 15) is 14.4 Å². The third kappa shape index (κ3) is 3.71. The van der Waals surface area contributed by atoms with Crippen LogP contribution in [0.15, 0.2) is 30.3 Å². The van der Waals surface area contributed by atoms with Crippen molar-refractivity contribution in [1.82, 2.24) is 10.4 Å². The first-order chi connectivity index (χ1) is 9.99. The van der Waals surface area contributed by atoms with Crippen molar-refractivity contribution in [2.24, 2.45) is 0 Å². The van der Waals surface area contributed by atoms with E-state index in [4.69, 9.17) is 21.5 Å². The largest absolute Gasteiger partial charge is 0.480 e. The second kappa shape index (κ2) is 6.55. The van der Waals surface area contributed by atoms with Gasteiger partial charge < -0.3 is 10.0 Å². The molecular formula is C13H13ClN2O5. The monoisotopic (exact) mass is 312 g/mol. The zero-order valence-corrected chi connectivity index (χ0v) is 11.6. The summed E-state index contributed by atoms with van der Waals surface area (Å²) in [5, 5.41) is 8.15. The van der Waals surface area contributed by atoms with Crippen LogP contribution in [-0.2, 0) is 9.63 Å². The van der Waals surface area contributed by atoms with Crippen LogP contribution < -0.4 is 5.48 Å². The van der Waals surface area contributed by atoms with E-state index < -0.39 is 29.4 Å². The Bertz CT molecular complexity index is 529. The molecule has 1 aromatic carbocycles. The predicted molar refractivity (Wildman–Crippen MR) is 72.8 cm³/mol. The first kappa shape index (κ1) is 15.3. The minimum Gasteiger partial charge on any atom is -0.480 e. The fourth-order valence-corrected chi connectivity index (χ4v) is 2.28. The fraction of sp³-hybridized carbons (Fsp3) is 0.308. The van der Waals surface area contributed by atoms with Gasteiger partial charge in [-0.05, 0) is 23.7 Å². The highest BCUT2D eigenvalue weighted by Crippen LogP contribution is 2.21. The van der Waals surface area contributed by atoms with E-state index in [1.807, 2.05) is 0 Å². The van der Waals surface area contributed by atoms with Crippen LogP contribution in [0.5, 0.6) is 0 Å². The van der Waals surface area contributed by atoms with Gasteiger partial charge in [0.15, 0.2) is 0 Å². The Morgan fingerprint density at radius 1 is 1.29 bits per heavy atom. The molecule has 0 unspecified atom stereocenters. The quantitative estimate of drug-likeness (QED) is 0.495. The van der Waals surface area contributed by atoms with Crippen molar-refractivity contribution in [3.8, 4) is 0 Å². The highest BCUT2D eigenvalue weighted by Gasteiger charge is 2.40. The molecule has 8 heteroatoms. The lowest BCUT2D eigenvalue weighted by Crippen LogP contribution is -2.37. The molecule has 1 fully saturated rings. The molecule has 0 saturated carbocycles. The molecule has 0 spiro atoms. The maximum atomic E-state index is 11.8. The zero-order valence-electron chi connectivity index (χ0n) is 10.9. The number of rotatable bonds is 4. The zero-order chi connectivity index (χ0) is 15.4. The van der Waals surface area contributed by atoms with Crippen LogP contribution in [0.4, 0.5) is 4.79 Å². The SMILES string of the molecule is O=C(NO[C@@H]1C[C@@H](C(=O)O)N(C(=O)Cl)C1)c1ccccc1. The molecule has 1 aromatic rings. The summed E-state index contributed by atoms with van der Waals surface area (Å²) >= 11 is 5.33. The van der Waals surface area contributed by atoms with Gasteiger partial charge in [0.25, 0.3) is 5.91 Å². The molecule has 1 heterocycles. The lowest BCUT2D eigenvalue weighted by molar-refractivity contribution is -0.141. The van der Waals surface area contributed by atoms with Crippen molar-refractivity contribution < 1.29 is 24.3 Å². The topological polar surface area (TPSA) is 95.9 Å². The first-order valence-electron chi connectivity index (χ1n) is 6.19. The van der Waals surface area contributed by atoms with Crippen molar-refractivity contribution in [1.29, 1.82) is 0 Å². The van der Waals surface area contributed by atoms with Gasteiger partial charge in [-0.2, -0.15) is 0 Å². The number of hydrogen-bond donors (Lipinski definition) is 2. The standard InChI is InChI=1S/C13H13ClN2O5/c14-13(20)16-7-9(6-10(16)12(18)19)21-15-11(17)8-4-2-1-3-5-8/h1-5,9-10H,6-7H2,(H,15,17)(H,18,19)/t9-,10+/m1/s1. The van der Waals surface area contributed by atoms with Gasteiger partial charge in [0, 0.05) is 12.0 Å². The van der Waals surface area contributed by atoms with Crippen LogP contribution in [0.3, 0.4) is 0 Å². The van der Waals surface area contributed by atoms with Gasteiger partial charge in [-0.3, -0.25) is 14.4 Å². The van der Waals surface area contributed by atoms with E-state index in [-0.39, 0.29) is 13.0 Å². The smallest absolute Gasteiger partial charge is 0.326 e. The average molecular weight is 313 g/mol. The maximum absolute atomic E-state index is 11.8. The van der Waals surface area contributed by atoms with Crippen LogP contribution in [0.25, 0.3) is 0 Å². The molecule has 1 aliphatic rings. The minimum atomic E-state index is -1.16. The Balaban J connectivity index is 1.91. The van der Waals surface area contributed by atoms with Gasteiger partial charge >= 0.3 is 11.3 Å². The molecule has 2 amide bonds. The van der Waals surface area contributed by atoms with Crippen molar-refractivity contribution in [3.63, 3.8) is 0 Å². The van der Waals surface area contributed by atoms with Crippen LogP contribution in [0.1, 0.15) is 16.8 Å². The van der Waals surface area contributed by atoms with E-state index in [1.54, 1.807) is 30.3 Å². The molecular weight excluding hydrogens is 300 g/mol. The molecule has 0 aliphatic carbocycles. The average Bonchev–Trinajstić information content (AvgIpc) is 2.90. The summed E-state index contributed by atoms with van der Waals surface area (Å²) in [7, 11) is 0. The third-order valence-electron chi connectivity index (χ3n) is 3.13.